The summed E-state index contributed by atoms with van der Waals surface area (Å²) in [5.41, 5.74) is 6.26. The molecule has 5 nitrogen and oxygen atoms in total. The molecule has 0 aliphatic carbocycles. The average Bonchev–Trinajstić information content (AvgIpc) is 2.32. The lowest BCUT2D eigenvalue weighted by molar-refractivity contribution is -0.119. The van der Waals surface area contributed by atoms with Gasteiger partial charge in [-0.25, -0.2) is 0 Å². The molecular weight excluding hydrogens is 256 g/mol. The molecule has 0 atom stereocenters. The van der Waals surface area contributed by atoms with Crippen molar-refractivity contribution in [2.75, 3.05) is 19.7 Å². The summed E-state index contributed by atoms with van der Waals surface area (Å²) in [4.78, 5) is 13.1. The summed E-state index contributed by atoms with van der Waals surface area (Å²) in [7, 11) is 0. The van der Waals surface area contributed by atoms with Gasteiger partial charge in [0.15, 0.2) is 11.5 Å². The number of amides is 1. The molecule has 0 fully saturated rings. The maximum absolute atomic E-state index is 11.1. The van der Waals surface area contributed by atoms with E-state index < -0.39 is 0 Å². The Morgan fingerprint density at radius 2 is 2.15 bits per heavy atom. The standard InChI is InChI=1S/C15H24N2O3/c1-4-20-14-7-12(5-6-13(14)18)9-17(8-11(2)3)10-15(16)19/h5-7,11,18H,4,8-10H2,1-3H3,(H2,16,19). The van der Waals surface area contributed by atoms with Crippen LogP contribution in [0.2, 0.25) is 0 Å². The quantitative estimate of drug-likeness (QED) is 0.760. The summed E-state index contributed by atoms with van der Waals surface area (Å²) in [6.45, 7) is 8.16. The molecule has 0 unspecified atom stereocenters. The predicted octanol–water partition coefficient (Wildman–Crippen LogP) is 1.73. The van der Waals surface area contributed by atoms with Crippen LogP contribution in [0.15, 0.2) is 18.2 Å². The highest BCUT2D eigenvalue weighted by molar-refractivity contribution is 5.75. The van der Waals surface area contributed by atoms with Crippen LogP contribution in [0.25, 0.3) is 0 Å². The smallest absolute Gasteiger partial charge is 0.231 e. The van der Waals surface area contributed by atoms with Gasteiger partial charge in [-0.1, -0.05) is 19.9 Å². The molecule has 0 spiro atoms. The number of hydrogen-bond acceptors (Lipinski definition) is 4. The highest BCUT2D eigenvalue weighted by atomic mass is 16.5. The van der Waals surface area contributed by atoms with Crippen molar-refractivity contribution in [1.29, 1.82) is 0 Å². The number of hydrogen-bond donors (Lipinski definition) is 2. The minimum absolute atomic E-state index is 0.126. The van der Waals surface area contributed by atoms with Crippen molar-refractivity contribution in [3.05, 3.63) is 23.8 Å². The van der Waals surface area contributed by atoms with Gasteiger partial charge in [0.25, 0.3) is 0 Å². The molecule has 3 N–H and O–H groups in total. The van der Waals surface area contributed by atoms with E-state index in [0.717, 1.165) is 12.1 Å². The number of nitrogens with two attached hydrogens (primary N) is 1. The third kappa shape index (κ3) is 5.48. The number of carbonyl (C=O) groups excluding carboxylic acids is 1. The summed E-state index contributed by atoms with van der Waals surface area (Å²) in [6, 6.07) is 5.23. The van der Waals surface area contributed by atoms with Crippen LogP contribution in [0.1, 0.15) is 26.3 Å². The van der Waals surface area contributed by atoms with Crippen LogP contribution in [0, 0.1) is 5.92 Å². The first-order chi connectivity index (χ1) is 9.42. The molecule has 0 heterocycles. The van der Waals surface area contributed by atoms with E-state index in [1.165, 1.54) is 0 Å². The van der Waals surface area contributed by atoms with Crippen LogP contribution in [0.5, 0.6) is 11.5 Å². The summed E-state index contributed by atoms with van der Waals surface area (Å²) in [5, 5.41) is 9.68. The first-order valence-electron chi connectivity index (χ1n) is 6.87. The Kier molecular flexibility index (Phi) is 6.31. The fourth-order valence-electron chi connectivity index (χ4n) is 2.11. The topological polar surface area (TPSA) is 75.8 Å². The van der Waals surface area contributed by atoms with Crippen LogP contribution < -0.4 is 10.5 Å². The number of phenolic OH excluding ortho intramolecular Hbond substituents is 1. The maximum Gasteiger partial charge on any atom is 0.231 e. The second-order valence-corrected chi connectivity index (χ2v) is 5.26. The molecule has 5 heteroatoms. The van der Waals surface area contributed by atoms with Crippen molar-refractivity contribution in [3.63, 3.8) is 0 Å². The minimum atomic E-state index is -0.338. The molecule has 1 amide bonds. The van der Waals surface area contributed by atoms with Gasteiger partial charge in [-0.2, -0.15) is 0 Å². The fraction of sp³-hybridized carbons (Fsp3) is 0.533. The van der Waals surface area contributed by atoms with Crippen LogP contribution >= 0.6 is 0 Å². The number of rotatable bonds is 8. The molecule has 112 valence electrons. The molecule has 0 aliphatic rings. The Morgan fingerprint density at radius 3 is 2.70 bits per heavy atom. The molecule has 0 radical (unpaired) electrons. The Labute approximate surface area is 120 Å². The highest BCUT2D eigenvalue weighted by Gasteiger charge is 2.12. The van der Waals surface area contributed by atoms with Gasteiger partial charge in [0, 0.05) is 13.1 Å². The second kappa shape index (κ2) is 7.75. The summed E-state index contributed by atoms with van der Waals surface area (Å²) < 4.78 is 5.36. The normalized spacial score (nSPS) is 11.1. The molecule has 0 aromatic heterocycles. The van der Waals surface area contributed by atoms with E-state index in [9.17, 15) is 9.90 Å². The van der Waals surface area contributed by atoms with Crippen LogP contribution in [0.4, 0.5) is 0 Å². The first-order valence-corrected chi connectivity index (χ1v) is 6.87. The zero-order valence-electron chi connectivity index (χ0n) is 12.4. The van der Waals surface area contributed by atoms with Crippen LogP contribution in [-0.4, -0.2) is 35.6 Å². The van der Waals surface area contributed by atoms with Crippen LogP contribution in [0.3, 0.4) is 0 Å². The molecule has 0 aliphatic heterocycles. The van der Waals surface area contributed by atoms with Gasteiger partial charge in [-0.3, -0.25) is 9.69 Å². The Balaban J connectivity index is 2.81. The van der Waals surface area contributed by atoms with Gasteiger partial charge in [-0.05, 0) is 30.5 Å². The Bertz CT molecular complexity index is 447. The average molecular weight is 280 g/mol. The molecule has 20 heavy (non-hydrogen) atoms. The monoisotopic (exact) mass is 280 g/mol. The third-order valence-electron chi connectivity index (χ3n) is 2.73. The van der Waals surface area contributed by atoms with Gasteiger partial charge >= 0.3 is 0 Å². The lowest BCUT2D eigenvalue weighted by atomic mass is 10.1. The molecule has 0 saturated heterocycles. The Hall–Kier alpha value is -1.75. The van der Waals surface area contributed by atoms with Gasteiger partial charge in [0.05, 0.1) is 13.2 Å². The van der Waals surface area contributed by atoms with E-state index >= 15 is 0 Å². The van der Waals surface area contributed by atoms with Gasteiger partial charge < -0.3 is 15.6 Å². The maximum atomic E-state index is 11.1. The highest BCUT2D eigenvalue weighted by Crippen LogP contribution is 2.27. The lowest BCUT2D eigenvalue weighted by Crippen LogP contribution is -2.35. The molecule has 0 saturated carbocycles. The molecular formula is C15H24N2O3. The lowest BCUT2D eigenvalue weighted by Gasteiger charge is -2.23. The summed E-state index contributed by atoms with van der Waals surface area (Å²) in [6.07, 6.45) is 0. The molecule has 1 aromatic rings. The number of nitrogens with zero attached hydrogens (tertiary/aromatic N) is 1. The van der Waals surface area contributed by atoms with E-state index in [4.69, 9.17) is 10.5 Å². The van der Waals surface area contributed by atoms with Crippen molar-refractivity contribution in [2.24, 2.45) is 11.7 Å². The zero-order valence-corrected chi connectivity index (χ0v) is 12.4. The number of phenols is 1. The third-order valence-corrected chi connectivity index (χ3v) is 2.73. The van der Waals surface area contributed by atoms with Crippen molar-refractivity contribution >= 4 is 5.91 Å². The van der Waals surface area contributed by atoms with Gasteiger partial charge in [-0.15, -0.1) is 0 Å². The van der Waals surface area contributed by atoms with E-state index in [0.29, 0.717) is 24.8 Å². The van der Waals surface area contributed by atoms with Gasteiger partial charge in [0.2, 0.25) is 5.91 Å². The van der Waals surface area contributed by atoms with Crippen molar-refractivity contribution in [2.45, 2.75) is 27.3 Å². The first kappa shape index (κ1) is 16.3. The minimum Gasteiger partial charge on any atom is -0.504 e. The van der Waals surface area contributed by atoms with Gasteiger partial charge in [0.1, 0.15) is 0 Å². The summed E-state index contributed by atoms with van der Waals surface area (Å²) in [5.74, 6) is 0.696. The number of benzene rings is 1. The van der Waals surface area contributed by atoms with Crippen molar-refractivity contribution in [3.8, 4) is 11.5 Å². The number of primary amides is 1. The number of carbonyl (C=O) groups is 1. The SMILES string of the molecule is CCOc1cc(CN(CC(N)=O)CC(C)C)ccc1O. The largest absolute Gasteiger partial charge is 0.504 e. The molecule has 1 rings (SSSR count). The summed E-state index contributed by atoms with van der Waals surface area (Å²) >= 11 is 0. The van der Waals surface area contributed by atoms with E-state index in [1.807, 2.05) is 17.9 Å². The molecule has 0 bridgehead atoms. The van der Waals surface area contributed by atoms with Crippen LogP contribution in [-0.2, 0) is 11.3 Å². The predicted molar refractivity (Wildman–Crippen MR) is 78.6 cm³/mol. The number of aromatic hydroxyl groups is 1. The van der Waals surface area contributed by atoms with Crippen molar-refractivity contribution < 1.29 is 14.6 Å². The van der Waals surface area contributed by atoms with E-state index in [1.54, 1.807) is 12.1 Å². The van der Waals surface area contributed by atoms with Crippen molar-refractivity contribution in [1.82, 2.24) is 4.90 Å². The molecule has 1 aromatic carbocycles. The fourth-order valence-corrected chi connectivity index (χ4v) is 2.11. The second-order valence-electron chi connectivity index (χ2n) is 5.26. The zero-order chi connectivity index (χ0) is 15.1. The van der Waals surface area contributed by atoms with E-state index in [2.05, 4.69) is 13.8 Å². The number of ether oxygens (including phenoxy) is 1. The Morgan fingerprint density at radius 1 is 1.45 bits per heavy atom. The van der Waals surface area contributed by atoms with E-state index in [-0.39, 0.29) is 18.2 Å².